The van der Waals surface area contributed by atoms with Crippen molar-refractivity contribution in [2.45, 2.75) is 44.6 Å². The molecule has 0 aromatic carbocycles. The Bertz CT molecular complexity index is 281. The number of hydrogen-bond donors (Lipinski definition) is 2. The second-order valence-corrected chi connectivity index (χ2v) is 4.17. The Morgan fingerprint density at radius 2 is 2.29 bits per heavy atom. The van der Waals surface area contributed by atoms with Crippen molar-refractivity contribution >= 4 is 5.91 Å². The van der Waals surface area contributed by atoms with Crippen LogP contribution in [0.1, 0.15) is 38.5 Å². The Hall–Kier alpha value is -1.05. The number of rotatable bonds is 6. The van der Waals surface area contributed by atoms with Gasteiger partial charge in [0, 0.05) is 25.9 Å². The standard InChI is InChI=1S/C13H22N2O2/c14-9-8-13(16)15-10-11-17-12-6-4-2-1-3-5-7-12/h12H,1-4,6,8-11,14H2,(H,15,16). The van der Waals surface area contributed by atoms with E-state index in [-0.39, 0.29) is 12.0 Å². The third-order valence-electron chi connectivity index (χ3n) is 2.65. The number of carbonyl (C=O) groups excluding carboxylic acids is 1. The van der Waals surface area contributed by atoms with Crippen LogP contribution in [0, 0.1) is 11.8 Å². The van der Waals surface area contributed by atoms with Gasteiger partial charge in [0.05, 0.1) is 6.61 Å². The predicted molar refractivity (Wildman–Crippen MR) is 67.3 cm³/mol. The van der Waals surface area contributed by atoms with Crippen LogP contribution in [0.25, 0.3) is 0 Å². The number of hydrogen-bond acceptors (Lipinski definition) is 3. The molecule has 0 aliphatic heterocycles. The second kappa shape index (κ2) is 9.03. The minimum atomic E-state index is -0.0140. The first kappa shape index (κ1) is 14.0. The van der Waals surface area contributed by atoms with Gasteiger partial charge in [-0.15, -0.1) is 5.92 Å². The molecule has 17 heavy (non-hydrogen) atoms. The fourth-order valence-electron chi connectivity index (χ4n) is 1.71. The Morgan fingerprint density at radius 1 is 1.41 bits per heavy atom. The first-order valence-corrected chi connectivity index (χ1v) is 6.39. The highest BCUT2D eigenvalue weighted by Gasteiger charge is 2.07. The van der Waals surface area contributed by atoms with Gasteiger partial charge < -0.3 is 15.8 Å². The number of nitrogens with two attached hydrogens (primary N) is 1. The molecular weight excluding hydrogens is 216 g/mol. The fraction of sp³-hybridized carbons (Fsp3) is 0.769. The molecule has 4 nitrogen and oxygen atoms in total. The molecule has 1 rings (SSSR count). The van der Waals surface area contributed by atoms with Gasteiger partial charge >= 0.3 is 0 Å². The molecule has 96 valence electrons. The normalized spacial score (nSPS) is 19.7. The summed E-state index contributed by atoms with van der Waals surface area (Å²) in [6.45, 7) is 1.45. The Balaban J connectivity index is 2.10. The molecule has 0 saturated carbocycles. The molecule has 3 N–H and O–H groups in total. The maximum atomic E-state index is 11.1. The summed E-state index contributed by atoms with van der Waals surface area (Å²) in [5.74, 6) is 6.24. The van der Waals surface area contributed by atoms with E-state index in [1.165, 1.54) is 19.3 Å². The molecule has 0 radical (unpaired) electrons. The van der Waals surface area contributed by atoms with Gasteiger partial charge in [0.25, 0.3) is 0 Å². The van der Waals surface area contributed by atoms with Crippen LogP contribution < -0.4 is 11.1 Å². The molecule has 1 amide bonds. The van der Waals surface area contributed by atoms with Gasteiger partial charge in [-0.1, -0.05) is 12.3 Å². The van der Waals surface area contributed by atoms with Crippen molar-refractivity contribution in [2.75, 3.05) is 19.7 Å². The summed E-state index contributed by atoms with van der Waals surface area (Å²) in [5.41, 5.74) is 5.27. The molecule has 1 atom stereocenters. The molecule has 4 heteroatoms. The van der Waals surface area contributed by atoms with Crippen LogP contribution in [0.5, 0.6) is 0 Å². The van der Waals surface area contributed by atoms with Crippen molar-refractivity contribution in [3.05, 3.63) is 0 Å². The van der Waals surface area contributed by atoms with Crippen LogP contribution in [-0.2, 0) is 9.53 Å². The van der Waals surface area contributed by atoms with Crippen molar-refractivity contribution in [3.8, 4) is 11.8 Å². The van der Waals surface area contributed by atoms with Crippen LogP contribution in [0.4, 0.5) is 0 Å². The minimum Gasteiger partial charge on any atom is -0.364 e. The van der Waals surface area contributed by atoms with E-state index < -0.39 is 0 Å². The monoisotopic (exact) mass is 238 g/mol. The third kappa shape index (κ3) is 6.98. The van der Waals surface area contributed by atoms with Crippen molar-refractivity contribution in [2.24, 2.45) is 5.73 Å². The molecule has 1 aliphatic rings. The van der Waals surface area contributed by atoms with E-state index in [0.29, 0.717) is 26.1 Å². The van der Waals surface area contributed by atoms with Gasteiger partial charge in [0.1, 0.15) is 6.10 Å². The molecule has 0 aromatic rings. The molecule has 0 spiro atoms. The number of ether oxygens (including phenoxy) is 1. The van der Waals surface area contributed by atoms with Crippen molar-refractivity contribution in [3.63, 3.8) is 0 Å². The van der Waals surface area contributed by atoms with Crippen molar-refractivity contribution in [1.29, 1.82) is 0 Å². The average molecular weight is 238 g/mol. The van der Waals surface area contributed by atoms with E-state index in [1.54, 1.807) is 0 Å². The third-order valence-corrected chi connectivity index (χ3v) is 2.65. The average Bonchev–Trinajstić information content (AvgIpc) is 2.26. The van der Waals surface area contributed by atoms with Gasteiger partial charge in [-0.25, -0.2) is 0 Å². The van der Waals surface area contributed by atoms with Crippen LogP contribution in [-0.4, -0.2) is 31.7 Å². The van der Waals surface area contributed by atoms with E-state index in [1.807, 2.05) is 0 Å². The molecule has 0 aromatic heterocycles. The van der Waals surface area contributed by atoms with Crippen LogP contribution >= 0.6 is 0 Å². The van der Waals surface area contributed by atoms with E-state index in [0.717, 1.165) is 12.8 Å². The highest BCUT2D eigenvalue weighted by Crippen LogP contribution is 2.10. The topological polar surface area (TPSA) is 64.4 Å². The molecule has 0 fully saturated rings. The first-order chi connectivity index (χ1) is 8.33. The summed E-state index contributed by atoms with van der Waals surface area (Å²) in [7, 11) is 0. The largest absolute Gasteiger partial charge is 0.364 e. The highest BCUT2D eigenvalue weighted by atomic mass is 16.5. The highest BCUT2D eigenvalue weighted by molar-refractivity contribution is 5.75. The van der Waals surface area contributed by atoms with Gasteiger partial charge in [-0.3, -0.25) is 4.79 Å². The zero-order chi connectivity index (χ0) is 12.3. The summed E-state index contributed by atoms with van der Waals surface area (Å²) in [5, 5.41) is 2.76. The summed E-state index contributed by atoms with van der Waals surface area (Å²) in [6, 6.07) is 0. The van der Waals surface area contributed by atoms with E-state index in [9.17, 15) is 4.79 Å². The second-order valence-electron chi connectivity index (χ2n) is 4.17. The van der Waals surface area contributed by atoms with Crippen LogP contribution in [0.3, 0.4) is 0 Å². The van der Waals surface area contributed by atoms with E-state index in [4.69, 9.17) is 10.5 Å². The fourth-order valence-corrected chi connectivity index (χ4v) is 1.71. The molecule has 0 bridgehead atoms. The Morgan fingerprint density at radius 3 is 3.12 bits per heavy atom. The maximum absolute atomic E-state index is 11.1. The molecule has 1 unspecified atom stereocenters. The zero-order valence-corrected chi connectivity index (χ0v) is 10.3. The molecule has 0 heterocycles. The van der Waals surface area contributed by atoms with Crippen LogP contribution in [0.15, 0.2) is 0 Å². The number of amides is 1. The maximum Gasteiger partial charge on any atom is 0.221 e. The first-order valence-electron chi connectivity index (χ1n) is 6.39. The summed E-state index contributed by atoms with van der Waals surface area (Å²) in [4.78, 5) is 11.1. The summed E-state index contributed by atoms with van der Waals surface area (Å²) < 4.78 is 5.63. The smallest absolute Gasteiger partial charge is 0.221 e. The number of carbonyl (C=O) groups is 1. The molecule has 0 saturated heterocycles. The van der Waals surface area contributed by atoms with E-state index >= 15 is 0 Å². The van der Waals surface area contributed by atoms with Crippen molar-refractivity contribution in [1.82, 2.24) is 5.32 Å². The summed E-state index contributed by atoms with van der Waals surface area (Å²) in [6.07, 6.45) is 6.02. The van der Waals surface area contributed by atoms with Gasteiger partial charge in [0.15, 0.2) is 0 Å². The lowest BCUT2D eigenvalue weighted by atomic mass is 10.1. The molecular formula is C13H22N2O2. The van der Waals surface area contributed by atoms with Gasteiger partial charge in [-0.2, -0.15) is 0 Å². The minimum absolute atomic E-state index is 0.0140. The van der Waals surface area contributed by atoms with Gasteiger partial charge in [-0.05, 0) is 19.3 Å². The van der Waals surface area contributed by atoms with Gasteiger partial charge in [0.2, 0.25) is 5.91 Å². The quantitative estimate of drug-likeness (QED) is 0.531. The Kier molecular flexibility index (Phi) is 7.44. The number of nitrogens with one attached hydrogen (secondary N) is 1. The van der Waals surface area contributed by atoms with E-state index in [2.05, 4.69) is 17.2 Å². The van der Waals surface area contributed by atoms with Crippen LogP contribution in [0.2, 0.25) is 0 Å². The lowest BCUT2D eigenvalue weighted by Gasteiger charge is -2.14. The predicted octanol–water partition coefficient (Wildman–Crippen LogP) is 0.804. The lowest BCUT2D eigenvalue weighted by Crippen LogP contribution is -2.30. The van der Waals surface area contributed by atoms with Crippen molar-refractivity contribution < 1.29 is 9.53 Å². The Labute approximate surface area is 103 Å². The SMILES string of the molecule is NCCC(=O)NCCOC1C#CCCCCC1. The zero-order valence-electron chi connectivity index (χ0n) is 10.3. The lowest BCUT2D eigenvalue weighted by molar-refractivity contribution is -0.121. The summed E-state index contributed by atoms with van der Waals surface area (Å²) >= 11 is 0. The molecule has 1 aliphatic carbocycles.